The highest BCUT2D eigenvalue weighted by Crippen LogP contribution is 2.19. The van der Waals surface area contributed by atoms with Gasteiger partial charge < -0.3 is 21.5 Å². The van der Waals surface area contributed by atoms with Crippen LogP contribution < -0.4 is 32.9 Å². The fourth-order valence-electron chi connectivity index (χ4n) is 3.39. The molecule has 1 heterocycles. The molecule has 0 saturated carbocycles. The zero-order valence-electron chi connectivity index (χ0n) is 19.2. The maximum Gasteiger partial charge on any atom is 0.355 e. The number of halogens is 2. The Morgan fingerprint density at radius 3 is 2.29 bits per heavy atom. The van der Waals surface area contributed by atoms with Gasteiger partial charge in [0.1, 0.15) is 5.75 Å². The van der Waals surface area contributed by atoms with Crippen LogP contribution in [-0.2, 0) is 13.1 Å². The molecule has 1 aromatic heterocycles. The number of hydrogen-bond acceptors (Lipinski definition) is 6. The van der Waals surface area contributed by atoms with Gasteiger partial charge in [0.15, 0.2) is 5.96 Å². The van der Waals surface area contributed by atoms with Crippen LogP contribution in [0.5, 0.6) is 5.75 Å². The summed E-state index contributed by atoms with van der Waals surface area (Å²) in [7, 11) is 1.58. The first-order chi connectivity index (χ1) is 16.8. The Balaban J connectivity index is 1.91. The van der Waals surface area contributed by atoms with E-state index in [4.69, 9.17) is 39.4 Å². The molecule has 0 aliphatic carbocycles. The second-order valence-electron chi connectivity index (χ2n) is 7.74. The predicted molar refractivity (Wildman–Crippen MR) is 139 cm³/mol. The molecule has 0 saturated heterocycles. The summed E-state index contributed by atoms with van der Waals surface area (Å²) in [6.45, 7) is 1.14. The Hall–Kier alpha value is -3.50. The predicted octanol–water partition coefficient (Wildman–Crippen LogP) is 2.28. The highest BCUT2D eigenvalue weighted by Gasteiger charge is 2.15. The number of nitrogens with one attached hydrogen (secondary N) is 1. The molecule has 0 fully saturated rings. The second-order valence-corrected chi connectivity index (χ2v) is 8.61. The van der Waals surface area contributed by atoms with Crippen molar-refractivity contribution >= 4 is 35.1 Å². The molecule has 0 atom stereocenters. The minimum absolute atomic E-state index is 0.0215. The third-order valence-electron chi connectivity index (χ3n) is 5.08. The zero-order valence-corrected chi connectivity index (χ0v) is 20.7. The van der Waals surface area contributed by atoms with Gasteiger partial charge in [0.2, 0.25) is 5.95 Å². The standard InChI is InChI=1S/C23H27Cl2N7O3/c1-35-19-6-4-15(5-7-19)13-31-21(29-9-3-2-8-28-20(26)27)30-22(33)32(23(31)34)14-16-10-17(24)12-18(25)11-16/h4-7,10-12H,2-3,8-9,13-14H2,1H3,(H4,26,27,28)(H,29,30,33). The van der Waals surface area contributed by atoms with E-state index in [1.807, 2.05) is 12.1 Å². The van der Waals surface area contributed by atoms with Gasteiger partial charge in [0.25, 0.3) is 0 Å². The average molecular weight is 520 g/mol. The van der Waals surface area contributed by atoms with Gasteiger partial charge in [-0.15, -0.1) is 0 Å². The first kappa shape index (κ1) is 26.1. The summed E-state index contributed by atoms with van der Waals surface area (Å²) in [5.41, 5.74) is 10.9. The first-order valence-electron chi connectivity index (χ1n) is 10.9. The number of ether oxygens (including phenoxy) is 1. The molecule has 0 spiro atoms. The summed E-state index contributed by atoms with van der Waals surface area (Å²) in [5.74, 6) is 0.914. The topological polar surface area (TPSA) is 143 Å². The number of aromatic nitrogens is 3. The lowest BCUT2D eigenvalue weighted by atomic mass is 10.2. The lowest BCUT2D eigenvalue weighted by molar-refractivity contribution is 0.414. The number of guanidine groups is 1. The molecule has 10 nitrogen and oxygen atoms in total. The molecule has 3 aromatic rings. The fourth-order valence-corrected chi connectivity index (χ4v) is 3.96. The molecule has 3 rings (SSSR count). The summed E-state index contributed by atoms with van der Waals surface area (Å²) in [6.07, 6.45) is 1.43. The molecule has 12 heteroatoms. The van der Waals surface area contributed by atoms with Crippen molar-refractivity contribution in [1.29, 1.82) is 0 Å². The van der Waals surface area contributed by atoms with Crippen LogP contribution in [0, 0.1) is 0 Å². The van der Waals surface area contributed by atoms with Crippen molar-refractivity contribution in [1.82, 2.24) is 14.1 Å². The zero-order chi connectivity index (χ0) is 25.4. The SMILES string of the molecule is COc1ccc(Cn2c(NCCCCN=C(N)N)nc(=O)n(Cc3cc(Cl)cc(Cl)c3)c2=O)cc1. The van der Waals surface area contributed by atoms with Crippen LogP contribution in [-0.4, -0.2) is 40.3 Å². The number of unbranched alkanes of at least 4 members (excludes halogenated alkanes) is 1. The highest BCUT2D eigenvalue weighted by molar-refractivity contribution is 6.34. The molecule has 0 radical (unpaired) electrons. The van der Waals surface area contributed by atoms with Gasteiger partial charge in [-0.3, -0.25) is 9.56 Å². The van der Waals surface area contributed by atoms with Gasteiger partial charge in [0.05, 0.1) is 20.2 Å². The molecule has 35 heavy (non-hydrogen) atoms. The van der Waals surface area contributed by atoms with E-state index >= 15 is 0 Å². The number of anilines is 1. The number of aliphatic imine (C=N–C) groups is 1. The number of nitrogens with two attached hydrogens (primary N) is 2. The minimum atomic E-state index is -0.680. The summed E-state index contributed by atoms with van der Waals surface area (Å²) in [6, 6.07) is 12.2. The summed E-state index contributed by atoms with van der Waals surface area (Å²) in [5, 5.41) is 3.91. The number of hydrogen-bond donors (Lipinski definition) is 3. The number of rotatable bonds is 11. The molecular formula is C23H27Cl2N7O3. The number of methoxy groups -OCH3 is 1. The monoisotopic (exact) mass is 519 g/mol. The van der Waals surface area contributed by atoms with E-state index in [1.54, 1.807) is 37.4 Å². The average Bonchev–Trinajstić information content (AvgIpc) is 2.81. The smallest absolute Gasteiger partial charge is 0.355 e. The van der Waals surface area contributed by atoms with E-state index < -0.39 is 11.4 Å². The van der Waals surface area contributed by atoms with Crippen molar-refractivity contribution in [2.45, 2.75) is 25.9 Å². The Morgan fingerprint density at radius 2 is 1.66 bits per heavy atom. The van der Waals surface area contributed by atoms with Crippen molar-refractivity contribution < 1.29 is 4.74 Å². The summed E-state index contributed by atoms with van der Waals surface area (Å²) in [4.78, 5) is 34.3. The Morgan fingerprint density at radius 1 is 1.00 bits per heavy atom. The van der Waals surface area contributed by atoms with E-state index in [0.717, 1.165) is 16.6 Å². The summed E-state index contributed by atoms with van der Waals surface area (Å²) >= 11 is 12.2. The number of benzene rings is 2. The molecule has 0 aliphatic heterocycles. The maximum absolute atomic E-state index is 13.4. The Labute approximate surface area is 212 Å². The lowest BCUT2D eigenvalue weighted by Gasteiger charge is -2.16. The van der Waals surface area contributed by atoms with Crippen molar-refractivity contribution in [3.05, 3.63) is 84.6 Å². The molecular weight excluding hydrogens is 493 g/mol. The Kier molecular flexibility index (Phi) is 9.16. The van der Waals surface area contributed by atoms with Crippen LogP contribution >= 0.6 is 23.2 Å². The fraction of sp³-hybridized carbons (Fsp3) is 0.304. The molecule has 186 valence electrons. The lowest BCUT2D eigenvalue weighted by Crippen LogP contribution is -2.43. The van der Waals surface area contributed by atoms with Crippen molar-refractivity contribution in [3.8, 4) is 5.75 Å². The second kappa shape index (κ2) is 12.3. The van der Waals surface area contributed by atoms with Gasteiger partial charge >= 0.3 is 11.4 Å². The molecule has 0 bridgehead atoms. The van der Waals surface area contributed by atoms with Crippen molar-refractivity contribution in [2.75, 3.05) is 25.5 Å². The van der Waals surface area contributed by atoms with E-state index in [1.165, 1.54) is 4.57 Å². The molecule has 0 unspecified atom stereocenters. The van der Waals surface area contributed by atoms with Gasteiger partial charge in [-0.25, -0.2) is 14.2 Å². The molecule has 2 aromatic carbocycles. The van der Waals surface area contributed by atoms with Crippen molar-refractivity contribution in [3.63, 3.8) is 0 Å². The van der Waals surface area contributed by atoms with E-state index in [-0.39, 0.29) is 25.0 Å². The highest BCUT2D eigenvalue weighted by atomic mass is 35.5. The molecule has 5 N–H and O–H groups in total. The van der Waals surface area contributed by atoms with Crippen molar-refractivity contribution in [2.24, 2.45) is 16.5 Å². The Bertz CT molecular complexity index is 1280. The maximum atomic E-state index is 13.4. The minimum Gasteiger partial charge on any atom is -0.497 e. The molecule has 0 aliphatic rings. The van der Waals surface area contributed by atoms with Crippen LogP contribution in [0.2, 0.25) is 10.0 Å². The first-order valence-corrected chi connectivity index (χ1v) is 11.6. The van der Waals surface area contributed by atoms with Gasteiger partial charge in [-0.1, -0.05) is 35.3 Å². The molecule has 0 amide bonds. The van der Waals surface area contributed by atoms with Crippen LogP contribution in [0.4, 0.5) is 5.95 Å². The number of nitrogens with zero attached hydrogens (tertiary/aromatic N) is 4. The van der Waals surface area contributed by atoms with Crippen LogP contribution in [0.1, 0.15) is 24.0 Å². The van der Waals surface area contributed by atoms with Crippen LogP contribution in [0.15, 0.2) is 57.0 Å². The largest absolute Gasteiger partial charge is 0.497 e. The van der Waals surface area contributed by atoms with E-state index in [0.29, 0.717) is 40.9 Å². The quantitative estimate of drug-likeness (QED) is 0.200. The van der Waals surface area contributed by atoms with Gasteiger partial charge in [-0.05, 0) is 54.3 Å². The summed E-state index contributed by atoms with van der Waals surface area (Å²) < 4.78 is 7.68. The van der Waals surface area contributed by atoms with E-state index in [9.17, 15) is 9.59 Å². The van der Waals surface area contributed by atoms with Crippen LogP contribution in [0.3, 0.4) is 0 Å². The third kappa shape index (κ3) is 7.49. The van der Waals surface area contributed by atoms with E-state index in [2.05, 4.69) is 15.3 Å². The van der Waals surface area contributed by atoms with Gasteiger partial charge in [0, 0.05) is 23.1 Å². The third-order valence-corrected chi connectivity index (χ3v) is 5.51. The van der Waals surface area contributed by atoms with Crippen LogP contribution in [0.25, 0.3) is 0 Å². The van der Waals surface area contributed by atoms with Gasteiger partial charge in [-0.2, -0.15) is 4.98 Å². The normalized spacial score (nSPS) is 10.7.